The van der Waals surface area contributed by atoms with Gasteiger partial charge in [0, 0.05) is 50.7 Å². The van der Waals surface area contributed by atoms with E-state index in [9.17, 15) is 4.79 Å². The van der Waals surface area contributed by atoms with Crippen LogP contribution >= 0.6 is 0 Å². The number of nitrogens with zero attached hydrogens (tertiary/aromatic N) is 5. The zero-order valence-corrected chi connectivity index (χ0v) is 16.1. The van der Waals surface area contributed by atoms with E-state index in [2.05, 4.69) is 39.2 Å². The average Bonchev–Trinajstić information content (AvgIpc) is 2.71. The highest BCUT2D eigenvalue weighted by Crippen LogP contribution is 2.15. The summed E-state index contributed by atoms with van der Waals surface area (Å²) in [5, 5.41) is 3.30. The Balaban J connectivity index is 1.53. The van der Waals surface area contributed by atoms with Gasteiger partial charge >= 0.3 is 0 Å². The minimum atomic E-state index is 0.0643. The third kappa shape index (κ3) is 5.40. The maximum atomic E-state index is 12.8. The maximum absolute atomic E-state index is 12.8. The molecule has 0 aliphatic carbocycles. The highest BCUT2D eigenvalue weighted by atomic mass is 16.2. The van der Waals surface area contributed by atoms with E-state index in [1.165, 1.54) is 0 Å². The van der Waals surface area contributed by atoms with Crippen LogP contribution in [-0.4, -0.2) is 79.0 Å². The molecule has 0 unspecified atom stereocenters. The van der Waals surface area contributed by atoms with Crippen LogP contribution in [0.3, 0.4) is 0 Å². The molecule has 3 heterocycles. The quantitative estimate of drug-likeness (QED) is 0.752. The van der Waals surface area contributed by atoms with E-state index in [0.717, 1.165) is 44.2 Å². The smallest absolute Gasteiger partial charge is 0.254 e. The molecule has 1 amide bonds. The molecule has 7 nitrogen and oxygen atoms in total. The molecule has 1 N–H and O–H groups in total. The van der Waals surface area contributed by atoms with Gasteiger partial charge in [-0.2, -0.15) is 0 Å². The van der Waals surface area contributed by atoms with E-state index in [1.807, 2.05) is 29.2 Å². The number of aromatic nitrogens is 2. The number of amides is 1. The van der Waals surface area contributed by atoms with Crippen LogP contribution in [0.15, 0.2) is 42.7 Å². The Morgan fingerprint density at radius 1 is 1.11 bits per heavy atom. The zero-order chi connectivity index (χ0) is 19.1. The Labute approximate surface area is 161 Å². The van der Waals surface area contributed by atoms with Gasteiger partial charge in [-0.1, -0.05) is 6.07 Å². The number of rotatable bonds is 7. The summed E-state index contributed by atoms with van der Waals surface area (Å²) in [6, 6.07) is 9.55. The number of hydrogen-bond acceptors (Lipinski definition) is 6. The zero-order valence-electron chi connectivity index (χ0n) is 16.1. The molecule has 0 spiro atoms. The van der Waals surface area contributed by atoms with Gasteiger partial charge in [-0.15, -0.1) is 0 Å². The Kier molecular flexibility index (Phi) is 6.59. The first kappa shape index (κ1) is 19.1. The van der Waals surface area contributed by atoms with Crippen LogP contribution in [0.2, 0.25) is 0 Å². The Morgan fingerprint density at radius 3 is 2.63 bits per heavy atom. The Bertz CT molecular complexity index is 728. The number of pyridine rings is 2. The lowest BCUT2D eigenvalue weighted by Gasteiger charge is -2.35. The molecule has 3 rings (SSSR count). The van der Waals surface area contributed by atoms with Crippen LogP contribution < -0.4 is 10.2 Å². The van der Waals surface area contributed by atoms with Crippen molar-refractivity contribution < 1.29 is 4.79 Å². The molecular weight excluding hydrogens is 340 g/mol. The molecule has 0 atom stereocenters. The summed E-state index contributed by atoms with van der Waals surface area (Å²) in [7, 11) is 4.12. The van der Waals surface area contributed by atoms with Crippen LogP contribution in [0.25, 0.3) is 0 Å². The standard InChI is InChI=1S/C20H28N6O/c1-24(2)11-5-9-21-18-16-17(7-10-22-18)20(27)26-14-12-25(13-15-26)19-6-3-4-8-23-19/h3-4,6-8,10,16H,5,9,11-15H2,1-2H3,(H,21,22). The van der Waals surface area contributed by atoms with Crippen LogP contribution in [0.1, 0.15) is 16.8 Å². The molecule has 144 valence electrons. The lowest BCUT2D eigenvalue weighted by Crippen LogP contribution is -2.49. The maximum Gasteiger partial charge on any atom is 0.254 e. The molecule has 0 saturated carbocycles. The van der Waals surface area contributed by atoms with E-state index in [4.69, 9.17) is 0 Å². The molecule has 1 saturated heterocycles. The number of piperazine rings is 1. The molecule has 2 aromatic heterocycles. The van der Waals surface area contributed by atoms with E-state index in [0.29, 0.717) is 18.7 Å². The predicted molar refractivity (Wildman–Crippen MR) is 108 cm³/mol. The normalized spacial score (nSPS) is 14.5. The van der Waals surface area contributed by atoms with Gasteiger partial charge in [-0.3, -0.25) is 4.79 Å². The second-order valence-electron chi connectivity index (χ2n) is 6.98. The second-order valence-corrected chi connectivity index (χ2v) is 6.98. The van der Waals surface area contributed by atoms with Crippen molar-refractivity contribution in [2.24, 2.45) is 0 Å². The number of carbonyl (C=O) groups is 1. The molecule has 7 heteroatoms. The Hall–Kier alpha value is -2.67. The van der Waals surface area contributed by atoms with Crippen LogP contribution in [-0.2, 0) is 0 Å². The van der Waals surface area contributed by atoms with Gasteiger partial charge in [-0.25, -0.2) is 9.97 Å². The SMILES string of the molecule is CN(C)CCCNc1cc(C(=O)N2CCN(c3ccccn3)CC2)ccn1. The molecule has 1 aliphatic rings. The van der Waals surface area contributed by atoms with E-state index >= 15 is 0 Å². The van der Waals surface area contributed by atoms with E-state index in [-0.39, 0.29) is 5.91 Å². The number of hydrogen-bond donors (Lipinski definition) is 1. The molecule has 27 heavy (non-hydrogen) atoms. The lowest BCUT2D eigenvalue weighted by atomic mass is 10.2. The van der Waals surface area contributed by atoms with Crippen LogP contribution in [0.5, 0.6) is 0 Å². The van der Waals surface area contributed by atoms with Crippen molar-refractivity contribution in [2.45, 2.75) is 6.42 Å². The molecule has 0 aromatic carbocycles. The third-order valence-corrected chi connectivity index (χ3v) is 4.64. The summed E-state index contributed by atoms with van der Waals surface area (Å²) in [5.41, 5.74) is 0.686. The number of nitrogens with one attached hydrogen (secondary N) is 1. The number of anilines is 2. The fourth-order valence-electron chi connectivity index (χ4n) is 3.13. The second kappa shape index (κ2) is 9.32. The highest BCUT2D eigenvalue weighted by molar-refractivity contribution is 5.95. The summed E-state index contributed by atoms with van der Waals surface area (Å²) >= 11 is 0. The first-order valence-corrected chi connectivity index (χ1v) is 9.43. The van der Waals surface area contributed by atoms with Crippen LogP contribution in [0.4, 0.5) is 11.6 Å². The minimum absolute atomic E-state index is 0.0643. The van der Waals surface area contributed by atoms with E-state index < -0.39 is 0 Å². The van der Waals surface area contributed by atoms with Gasteiger partial charge in [0.05, 0.1) is 0 Å². The van der Waals surface area contributed by atoms with Crippen molar-refractivity contribution in [3.8, 4) is 0 Å². The summed E-state index contributed by atoms with van der Waals surface area (Å²) in [6.07, 6.45) is 4.53. The molecule has 1 aliphatic heterocycles. The lowest BCUT2D eigenvalue weighted by molar-refractivity contribution is 0.0746. The molecule has 0 bridgehead atoms. The van der Waals surface area contributed by atoms with Gasteiger partial charge in [0.2, 0.25) is 0 Å². The van der Waals surface area contributed by atoms with Gasteiger partial charge in [-0.05, 0) is 51.3 Å². The first-order chi connectivity index (χ1) is 13.1. The third-order valence-electron chi connectivity index (χ3n) is 4.64. The topological polar surface area (TPSA) is 64.6 Å². The minimum Gasteiger partial charge on any atom is -0.370 e. The average molecular weight is 368 g/mol. The van der Waals surface area contributed by atoms with Crippen molar-refractivity contribution in [3.05, 3.63) is 48.3 Å². The number of carbonyl (C=O) groups excluding carboxylic acids is 1. The summed E-state index contributed by atoms with van der Waals surface area (Å²) in [6.45, 7) is 4.84. The summed E-state index contributed by atoms with van der Waals surface area (Å²) in [4.78, 5) is 27.8. The molecule has 0 radical (unpaired) electrons. The first-order valence-electron chi connectivity index (χ1n) is 9.43. The van der Waals surface area contributed by atoms with Crippen molar-refractivity contribution in [1.82, 2.24) is 19.8 Å². The van der Waals surface area contributed by atoms with Gasteiger partial charge in [0.15, 0.2) is 0 Å². The molecule has 2 aromatic rings. The fraction of sp³-hybridized carbons (Fsp3) is 0.450. The highest BCUT2D eigenvalue weighted by Gasteiger charge is 2.23. The molecule has 1 fully saturated rings. The Morgan fingerprint density at radius 2 is 1.93 bits per heavy atom. The summed E-state index contributed by atoms with van der Waals surface area (Å²) in [5.74, 6) is 1.79. The van der Waals surface area contributed by atoms with Gasteiger partial charge < -0.3 is 20.0 Å². The van der Waals surface area contributed by atoms with E-state index in [1.54, 1.807) is 18.5 Å². The van der Waals surface area contributed by atoms with Crippen molar-refractivity contribution >= 4 is 17.5 Å². The fourth-order valence-corrected chi connectivity index (χ4v) is 3.13. The van der Waals surface area contributed by atoms with Gasteiger partial charge in [0.1, 0.15) is 11.6 Å². The largest absolute Gasteiger partial charge is 0.370 e. The van der Waals surface area contributed by atoms with Gasteiger partial charge in [0.25, 0.3) is 5.91 Å². The van der Waals surface area contributed by atoms with Crippen LogP contribution in [0, 0.1) is 0 Å². The van der Waals surface area contributed by atoms with Crippen molar-refractivity contribution in [1.29, 1.82) is 0 Å². The van der Waals surface area contributed by atoms with Crippen molar-refractivity contribution in [2.75, 3.05) is 63.6 Å². The predicted octanol–water partition coefficient (Wildman–Crippen LogP) is 1.80. The molecular formula is C20H28N6O. The van der Waals surface area contributed by atoms with Crippen molar-refractivity contribution in [3.63, 3.8) is 0 Å². The monoisotopic (exact) mass is 368 g/mol. The summed E-state index contributed by atoms with van der Waals surface area (Å²) < 4.78 is 0.